The molecule has 2 aromatic heterocycles. The number of hydrogen-bond donors (Lipinski definition) is 0. The monoisotopic (exact) mass is 367 g/mol. The maximum absolute atomic E-state index is 12.7. The topological polar surface area (TPSA) is 49.6 Å². The van der Waals surface area contributed by atoms with Crippen molar-refractivity contribution in [2.45, 2.75) is 6.42 Å². The molecule has 0 bridgehead atoms. The first-order chi connectivity index (χ1) is 12.8. The van der Waals surface area contributed by atoms with Crippen LogP contribution >= 0.6 is 11.3 Å². The molecule has 0 radical (unpaired) electrons. The Morgan fingerprint density at radius 1 is 1.08 bits per heavy atom. The van der Waals surface area contributed by atoms with Gasteiger partial charge in [-0.2, -0.15) is 0 Å². The van der Waals surface area contributed by atoms with E-state index in [-0.39, 0.29) is 5.91 Å². The number of amides is 1. The lowest BCUT2D eigenvalue weighted by Gasteiger charge is -2.34. The molecule has 0 aliphatic carbocycles. The largest absolute Gasteiger partial charge is 0.462 e. The lowest BCUT2D eigenvalue weighted by atomic mass is 10.1. The van der Waals surface area contributed by atoms with Crippen LogP contribution in [0.4, 0.5) is 0 Å². The van der Waals surface area contributed by atoms with Gasteiger partial charge in [0.2, 0.25) is 0 Å². The standard InChI is InChI=1S/C20H21N3O2S/c24-20(17-15-26-19(21-17)18-7-4-14-25-18)23-12-10-22(11-13-23)9-8-16-5-2-1-3-6-16/h1-7,14-15H,8-13H2. The van der Waals surface area contributed by atoms with E-state index in [0.29, 0.717) is 11.5 Å². The summed E-state index contributed by atoms with van der Waals surface area (Å²) in [6, 6.07) is 14.2. The first kappa shape index (κ1) is 17.0. The van der Waals surface area contributed by atoms with Crippen molar-refractivity contribution >= 4 is 17.2 Å². The zero-order valence-electron chi connectivity index (χ0n) is 14.5. The number of carbonyl (C=O) groups excluding carboxylic acids is 1. The zero-order chi connectivity index (χ0) is 17.8. The lowest BCUT2D eigenvalue weighted by molar-refractivity contribution is 0.0633. The first-order valence-electron chi connectivity index (χ1n) is 8.84. The minimum absolute atomic E-state index is 0.0155. The summed E-state index contributed by atoms with van der Waals surface area (Å²) in [5.41, 5.74) is 1.87. The van der Waals surface area contributed by atoms with Gasteiger partial charge in [-0.3, -0.25) is 9.69 Å². The molecule has 1 aliphatic rings. The van der Waals surface area contributed by atoms with E-state index in [1.54, 1.807) is 6.26 Å². The summed E-state index contributed by atoms with van der Waals surface area (Å²) in [7, 11) is 0. The molecule has 1 aromatic carbocycles. The second-order valence-electron chi connectivity index (χ2n) is 6.38. The van der Waals surface area contributed by atoms with E-state index >= 15 is 0 Å². The second kappa shape index (κ2) is 7.85. The predicted molar refractivity (Wildman–Crippen MR) is 102 cm³/mol. The third-order valence-electron chi connectivity index (χ3n) is 4.67. The number of aromatic nitrogens is 1. The Kier molecular flexibility index (Phi) is 5.13. The van der Waals surface area contributed by atoms with E-state index in [0.717, 1.165) is 44.2 Å². The molecule has 0 atom stereocenters. The van der Waals surface area contributed by atoms with Gasteiger partial charge in [-0.1, -0.05) is 30.3 Å². The maximum Gasteiger partial charge on any atom is 0.273 e. The summed E-state index contributed by atoms with van der Waals surface area (Å²) < 4.78 is 5.35. The van der Waals surface area contributed by atoms with Crippen molar-refractivity contribution in [2.24, 2.45) is 0 Å². The van der Waals surface area contributed by atoms with Gasteiger partial charge in [0.25, 0.3) is 5.91 Å². The van der Waals surface area contributed by atoms with Crippen molar-refractivity contribution in [1.29, 1.82) is 0 Å². The van der Waals surface area contributed by atoms with Gasteiger partial charge in [-0.05, 0) is 24.1 Å². The summed E-state index contributed by atoms with van der Waals surface area (Å²) in [5.74, 6) is 0.724. The highest BCUT2D eigenvalue weighted by molar-refractivity contribution is 7.13. The number of nitrogens with zero attached hydrogens (tertiary/aromatic N) is 3. The summed E-state index contributed by atoms with van der Waals surface area (Å²) in [4.78, 5) is 21.5. The average Bonchev–Trinajstić information content (AvgIpc) is 3.38. The van der Waals surface area contributed by atoms with E-state index < -0.39 is 0 Å². The minimum atomic E-state index is 0.0155. The number of rotatable bonds is 5. The quantitative estimate of drug-likeness (QED) is 0.693. The molecule has 26 heavy (non-hydrogen) atoms. The van der Waals surface area contributed by atoms with Crippen molar-refractivity contribution in [2.75, 3.05) is 32.7 Å². The van der Waals surface area contributed by atoms with Gasteiger partial charge in [-0.25, -0.2) is 4.98 Å². The van der Waals surface area contributed by atoms with E-state index in [2.05, 4.69) is 34.1 Å². The van der Waals surface area contributed by atoms with Crippen LogP contribution in [0.1, 0.15) is 16.1 Å². The highest BCUT2D eigenvalue weighted by Crippen LogP contribution is 2.24. The molecular weight excluding hydrogens is 346 g/mol. The zero-order valence-corrected chi connectivity index (χ0v) is 15.3. The van der Waals surface area contributed by atoms with Crippen molar-refractivity contribution in [3.8, 4) is 10.8 Å². The molecule has 1 amide bonds. The molecule has 0 saturated carbocycles. The number of thiazole rings is 1. The van der Waals surface area contributed by atoms with E-state index in [1.165, 1.54) is 16.9 Å². The lowest BCUT2D eigenvalue weighted by Crippen LogP contribution is -2.49. The molecule has 3 aromatic rings. The van der Waals surface area contributed by atoms with Crippen molar-refractivity contribution < 1.29 is 9.21 Å². The Morgan fingerprint density at radius 2 is 1.88 bits per heavy atom. The third-order valence-corrected chi connectivity index (χ3v) is 5.53. The molecule has 6 heteroatoms. The predicted octanol–water partition coefficient (Wildman–Crippen LogP) is 3.40. The van der Waals surface area contributed by atoms with Gasteiger partial charge in [-0.15, -0.1) is 11.3 Å². The number of piperazine rings is 1. The van der Waals surface area contributed by atoms with E-state index in [9.17, 15) is 4.79 Å². The number of furan rings is 1. The molecule has 0 N–H and O–H groups in total. The molecule has 0 spiro atoms. The highest BCUT2D eigenvalue weighted by atomic mass is 32.1. The Labute approximate surface area is 156 Å². The van der Waals surface area contributed by atoms with Crippen LogP contribution in [0.2, 0.25) is 0 Å². The van der Waals surface area contributed by atoms with E-state index in [1.807, 2.05) is 28.5 Å². The van der Waals surface area contributed by atoms with Gasteiger partial charge >= 0.3 is 0 Å². The van der Waals surface area contributed by atoms with Crippen LogP contribution in [0.25, 0.3) is 10.8 Å². The second-order valence-corrected chi connectivity index (χ2v) is 7.24. The minimum Gasteiger partial charge on any atom is -0.462 e. The first-order valence-corrected chi connectivity index (χ1v) is 9.72. The molecule has 1 aliphatic heterocycles. The molecule has 3 heterocycles. The van der Waals surface area contributed by atoms with Crippen LogP contribution in [-0.2, 0) is 6.42 Å². The summed E-state index contributed by atoms with van der Waals surface area (Å²) in [6.07, 6.45) is 2.67. The molecule has 1 fully saturated rings. The average molecular weight is 367 g/mol. The summed E-state index contributed by atoms with van der Waals surface area (Å²) in [6.45, 7) is 4.36. The van der Waals surface area contributed by atoms with Gasteiger partial charge in [0.1, 0.15) is 5.69 Å². The van der Waals surface area contributed by atoms with Crippen LogP contribution in [0, 0.1) is 0 Å². The molecule has 4 rings (SSSR count). The Hall–Kier alpha value is -2.44. The molecule has 1 saturated heterocycles. The van der Waals surface area contributed by atoms with Gasteiger partial charge in [0.15, 0.2) is 10.8 Å². The highest BCUT2D eigenvalue weighted by Gasteiger charge is 2.24. The normalized spacial score (nSPS) is 15.3. The smallest absolute Gasteiger partial charge is 0.273 e. The number of hydrogen-bond acceptors (Lipinski definition) is 5. The molecule has 5 nitrogen and oxygen atoms in total. The SMILES string of the molecule is O=C(c1csc(-c2ccco2)n1)N1CCN(CCc2ccccc2)CC1. The fourth-order valence-corrected chi connectivity index (χ4v) is 3.91. The summed E-state index contributed by atoms with van der Waals surface area (Å²) >= 11 is 1.44. The third kappa shape index (κ3) is 3.86. The van der Waals surface area contributed by atoms with Gasteiger partial charge in [0.05, 0.1) is 6.26 Å². The molecule has 0 unspecified atom stereocenters. The molecule has 134 valence electrons. The fourth-order valence-electron chi connectivity index (χ4n) is 3.15. The Morgan fingerprint density at radius 3 is 2.62 bits per heavy atom. The Balaban J connectivity index is 1.29. The summed E-state index contributed by atoms with van der Waals surface area (Å²) in [5, 5.41) is 2.57. The molecular formula is C20H21N3O2S. The van der Waals surface area contributed by atoms with Crippen LogP contribution < -0.4 is 0 Å². The fraction of sp³-hybridized carbons (Fsp3) is 0.300. The van der Waals surface area contributed by atoms with Gasteiger partial charge < -0.3 is 9.32 Å². The van der Waals surface area contributed by atoms with Crippen molar-refractivity contribution in [3.63, 3.8) is 0 Å². The Bertz CT molecular complexity index is 837. The number of benzene rings is 1. The van der Waals surface area contributed by atoms with Crippen LogP contribution in [0.5, 0.6) is 0 Å². The van der Waals surface area contributed by atoms with Crippen LogP contribution in [0.15, 0.2) is 58.5 Å². The van der Waals surface area contributed by atoms with Gasteiger partial charge in [0, 0.05) is 38.1 Å². The maximum atomic E-state index is 12.7. The van der Waals surface area contributed by atoms with Crippen LogP contribution in [0.3, 0.4) is 0 Å². The number of carbonyl (C=O) groups is 1. The van der Waals surface area contributed by atoms with Crippen LogP contribution in [-0.4, -0.2) is 53.4 Å². The van der Waals surface area contributed by atoms with Crippen molar-refractivity contribution in [3.05, 3.63) is 65.4 Å². The van der Waals surface area contributed by atoms with Crippen molar-refractivity contribution in [1.82, 2.24) is 14.8 Å². The van der Waals surface area contributed by atoms with E-state index in [4.69, 9.17) is 4.42 Å².